The van der Waals surface area contributed by atoms with Gasteiger partial charge in [-0.15, -0.1) is 22.0 Å². The van der Waals surface area contributed by atoms with Gasteiger partial charge in [0.15, 0.2) is 11.0 Å². The fourth-order valence-electron chi connectivity index (χ4n) is 1.53. The van der Waals surface area contributed by atoms with Crippen molar-refractivity contribution >= 4 is 29.4 Å². The summed E-state index contributed by atoms with van der Waals surface area (Å²) in [7, 11) is 1.86. The van der Waals surface area contributed by atoms with E-state index in [0.29, 0.717) is 5.56 Å². The van der Waals surface area contributed by atoms with Crippen molar-refractivity contribution in [2.75, 3.05) is 6.26 Å². The first kappa shape index (κ1) is 13.8. The summed E-state index contributed by atoms with van der Waals surface area (Å²) in [5.41, 5.74) is 6.48. The summed E-state index contributed by atoms with van der Waals surface area (Å²) in [5, 5.41) is 20.6. The zero-order valence-corrected chi connectivity index (χ0v) is 12.1. The lowest BCUT2D eigenvalue weighted by Crippen LogP contribution is -2.15. The molecule has 0 saturated heterocycles. The molecule has 19 heavy (non-hydrogen) atoms. The Bertz CT molecular complexity index is 611. The predicted molar refractivity (Wildman–Crippen MR) is 75.9 cm³/mol. The van der Waals surface area contributed by atoms with E-state index in [-0.39, 0.29) is 5.84 Å². The molecule has 1 aromatic carbocycles. The number of hydrogen-bond acceptors (Lipinski definition) is 6. The van der Waals surface area contributed by atoms with Gasteiger partial charge in [-0.05, 0) is 30.2 Å². The molecule has 1 heterocycles. The van der Waals surface area contributed by atoms with Gasteiger partial charge >= 0.3 is 0 Å². The van der Waals surface area contributed by atoms with Gasteiger partial charge in [0.1, 0.15) is 6.33 Å². The molecular formula is C11H13N5OS2. The van der Waals surface area contributed by atoms with Crippen molar-refractivity contribution in [2.24, 2.45) is 17.9 Å². The van der Waals surface area contributed by atoms with Crippen LogP contribution in [-0.4, -0.2) is 32.1 Å². The van der Waals surface area contributed by atoms with Crippen molar-refractivity contribution in [3.05, 3.63) is 30.1 Å². The van der Waals surface area contributed by atoms with Crippen molar-refractivity contribution < 1.29 is 5.21 Å². The molecule has 0 aliphatic rings. The van der Waals surface area contributed by atoms with Crippen LogP contribution in [0, 0.1) is 0 Å². The second-order valence-corrected chi connectivity index (χ2v) is 5.50. The van der Waals surface area contributed by atoms with Crippen LogP contribution in [-0.2, 0) is 7.05 Å². The fourth-order valence-corrected chi connectivity index (χ4v) is 3.17. The summed E-state index contributed by atoms with van der Waals surface area (Å²) in [5.74, 6) is 0.0922. The molecule has 0 amide bonds. The number of nitrogens with zero attached hydrogens (tertiary/aromatic N) is 4. The maximum Gasteiger partial charge on any atom is 0.195 e. The van der Waals surface area contributed by atoms with Crippen LogP contribution in [0.15, 0.2) is 44.6 Å². The van der Waals surface area contributed by atoms with Crippen LogP contribution in [0.2, 0.25) is 0 Å². The topological polar surface area (TPSA) is 89.3 Å². The van der Waals surface area contributed by atoms with Crippen LogP contribution in [0.4, 0.5) is 0 Å². The third-order valence-electron chi connectivity index (χ3n) is 2.44. The van der Waals surface area contributed by atoms with E-state index in [1.54, 1.807) is 18.1 Å². The molecule has 0 bridgehead atoms. The highest BCUT2D eigenvalue weighted by Crippen LogP contribution is 2.33. The van der Waals surface area contributed by atoms with Crippen LogP contribution < -0.4 is 5.73 Å². The van der Waals surface area contributed by atoms with E-state index in [4.69, 9.17) is 10.9 Å². The number of aryl methyl sites for hydroxylation is 1. The Balaban J connectivity index is 2.48. The SMILES string of the molecule is CSc1cccc(Sc2nncn2C)c1/C(N)=N/O. The Morgan fingerprint density at radius 2 is 2.16 bits per heavy atom. The molecule has 0 aliphatic heterocycles. The third kappa shape index (κ3) is 2.85. The van der Waals surface area contributed by atoms with Crippen LogP contribution in [0.25, 0.3) is 0 Å². The summed E-state index contributed by atoms with van der Waals surface area (Å²) < 4.78 is 1.81. The lowest BCUT2D eigenvalue weighted by atomic mass is 10.2. The van der Waals surface area contributed by atoms with Crippen molar-refractivity contribution in [3.8, 4) is 0 Å². The minimum absolute atomic E-state index is 0.0922. The number of benzene rings is 1. The first-order valence-corrected chi connectivity index (χ1v) is 7.38. The van der Waals surface area contributed by atoms with E-state index >= 15 is 0 Å². The Labute approximate surface area is 119 Å². The molecule has 3 N–H and O–H groups in total. The molecule has 0 atom stereocenters. The standard InChI is InChI=1S/C11H13N5OS2/c1-16-6-13-14-11(16)19-8-5-3-4-7(18-2)9(8)10(12)15-17/h3-6,17H,1-2H3,(H2,12,15). The molecule has 0 radical (unpaired) electrons. The maximum atomic E-state index is 8.92. The van der Waals surface area contributed by atoms with E-state index in [2.05, 4.69) is 15.4 Å². The maximum absolute atomic E-state index is 8.92. The van der Waals surface area contributed by atoms with Gasteiger partial charge in [-0.1, -0.05) is 11.2 Å². The normalized spacial score (nSPS) is 11.8. The number of rotatable bonds is 4. The molecule has 0 saturated carbocycles. The molecule has 2 rings (SSSR count). The smallest absolute Gasteiger partial charge is 0.195 e. The second kappa shape index (κ2) is 5.98. The first-order chi connectivity index (χ1) is 9.17. The highest BCUT2D eigenvalue weighted by molar-refractivity contribution is 7.99. The van der Waals surface area contributed by atoms with Gasteiger partial charge in [0.05, 0.1) is 0 Å². The molecule has 100 valence electrons. The number of oxime groups is 1. The van der Waals surface area contributed by atoms with E-state index in [9.17, 15) is 0 Å². The largest absolute Gasteiger partial charge is 0.409 e. The van der Waals surface area contributed by atoms with Crippen molar-refractivity contribution in [1.82, 2.24) is 14.8 Å². The average molecular weight is 295 g/mol. The number of nitrogens with two attached hydrogens (primary N) is 1. The van der Waals surface area contributed by atoms with Crippen LogP contribution in [0.5, 0.6) is 0 Å². The summed E-state index contributed by atoms with van der Waals surface area (Å²) in [6.45, 7) is 0. The minimum atomic E-state index is 0.0922. The summed E-state index contributed by atoms with van der Waals surface area (Å²) in [4.78, 5) is 1.82. The number of amidine groups is 1. The third-order valence-corrected chi connectivity index (χ3v) is 4.34. The molecular weight excluding hydrogens is 282 g/mol. The van der Waals surface area contributed by atoms with Gasteiger partial charge in [-0.25, -0.2) is 0 Å². The molecule has 8 heteroatoms. The first-order valence-electron chi connectivity index (χ1n) is 5.34. The van der Waals surface area contributed by atoms with Gasteiger partial charge in [-0.3, -0.25) is 0 Å². The zero-order chi connectivity index (χ0) is 13.8. The Morgan fingerprint density at radius 1 is 1.42 bits per heavy atom. The van der Waals surface area contributed by atoms with Gasteiger partial charge in [-0.2, -0.15) is 0 Å². The number of thioether (sulfide) groups is 1. The molecule has 2 aromatic rings. The Kier molecular flexibility index (Phi) is 4.33. The van der Waals surface area contributed by atoms with Gasteiger partial charge < -0.3 is 15.5 Å². The van der Waals surface area contributed by atoms with Crippen LogP contribution in [0.3, 0.4) is 0 Å². The highest BCUT2D eigenvalue weighted by atomic mass is 32.2. The Hall–Kier alpha value is -1.67. The molecule has 0 spiro atoms. The zero-order valence-electron chi connectivity index (χ0n) is 10.4. The Morgan fingerprint density at radius 3 is 2.74 bits per heavy atom. The monoisotopic (exact) mass is 295 g/mol. The highest BCUT2D eigenvalue weighted by Gasteiger charge is 2.15. The van der Waals surface area contributed by atoms with Gasteiger partial charge in [0.25, 0.3) is 0 Å². The van der Waals surface area contributed by atoms with Crippen LogP contribution in [0.1, 0.15) is 5.56 Å². The second-order valence-electron chi connectivity index (χ2n) is 3.65. The van der Waals surface area contributed by atoms with Gasteiger partial charge in [0.2, 0.25) is 0 Å². The van der Waals surface area contributed by atoms with E-state index < -0.39 is 0 Å². The predicted octanol–water partition coefficient (Wildman–Crippen LogP) is 1.78. The average Bonchev–Trinajstić information content (AvgIpc) is 2.83. The molecule has 1 aromatic heterocycles. The summed E-state index contributed by atoms with van der Waals surface area (Å²) in [6, 6.07) is 5.77. The number of aromatic nitrogens is 3. The van der Waals surface area contributed by atoms with Crippen molar-refractivity contribution in [2.45, 2.75) is 14.9 Å². The van der Waals surface area contributed by atoms with Gasteiger partial charge in [0, 0.05) is 22.4 Å². The quantitative estimate of drug-likeness (QED) is 0.294. The van der Waals surface area contributed by atoms with E-state index in [1.165, 1.54) is 11.8 Å². The molecule has 0 unspecified atom stereocenters. The number of hydrogen-bond donors (Lipinski definition) is 2. The van der Waals surface area contributed by atoms with E-state index in [1.807, 2.05) is 36.1 Å². The van der Waals surface area contributed by atoms with Crippen molar-refractivity contribution in [1.29, 1.82) is 0 Å². The fraction of sp³-hybridized carbons (Fsp3) is 0.182. The van der Waals surface area contributed by atoms with E-state index in [0.717, 1.165) is 14.9 Å². The molecule has 0 fully saturated rings. The summed E-state index contributed by atoms with van der Waals surface area (Å²) >= 11 is 2.97. The lowest BCUT2D eigenvalue weighted by Gasteiger charge is -2.11. The van der Waals surface area contributed by atoms with Crippen molar-refractivity contribution in [3.63, 3.8) is 0 Å². The lowest BCUT2D eigenvalue weighted by molar-refractivity contribution is 0.318. The molecule has 0 aliphatic carbocycles. The van der Waals surface area contributed by atoms with Crippen LogP contribution >= 0.6 is 23.5 Å². The summed E-state index contributed by atoms with van der Waals surface area (Å²) in [6.07, 6.45) is 3.57. The molecule has 6 nitrogen and oxygen atoms in total. The minimum Gasteiger partial charge on any atom is -0.409 e.